The van der Waals surface area contributed by atoms with Crippen molar-refractivity contribution in [3.63, 3.8) is 0 Å². The zero-order chi connectivity index (χ0) is 16.9. The molecule has 4 heteroatoms. The van der Waals surface area contributed by atoms with Crippen molar-refractivity contribution in [3.05, 3.63) is 54.1 Å². The molecule has 122 valence electrons. The molecule has 2 aromatic carbocycles. The van der Waals surface area contributed by atoms with Crippen LogP contribution < -0.4 is 4.43 Å². The second-order valence-corrected chi connectivity index (χ2v) is 10.4. The van der Waals surface area contributed by atoms with E-state index in [9.17, 15) is 4.79 Å². The van der Waals surface area contributed by atoms with Gasteiger partial charge in [-0.15, -0.1) is 0 Å². The van der Waals surface area contributed by atoms with Gasteiger partial charge in [0, 0.05) is 0 Å². The molecular weight excluding hydrogens is 304 g/mol. The third-order valence-corrected chi connectivity index (χ3v) is 9.12. The van der Waals surface area contributed by atoms with Gasteiger partial charge in [-0.1, -0.05) is 45.0 Å². The van der Waals surface area contributed by atoms with Gasteiger partial charge in [0.15, 0.2) is 0 Å². The first kappa shape index (κ1) is 17.3. The molecule has 3 nitrogen and oxygen atoms in total. The molecule has 0 saturated carbocycles. The Bertz CT molecular complexity index is 635. The highest BCUT2D eigenvalue weighted by atomic mass is 28.4. The van der Waals surface area contributed by atoms with Gasteiger partial charge < -0.3 is 9.53 Å². The molecule has 0 bridgehead atoms. The summed E-state index contributed by atoms with van der Waals surface area (Å²) in [4.78, 5) is 10.9. The van der Waals surface area contributed by atoms with Gasteiger partial charge in [0.2, 0.25) is 8.32 Å². The number of rotatable bonds is 7. The molecule has 0 aromatic heterocycles. The van der Waals surface area contributed by atoms with Gasteiger partial charge in [0.25, 0.3) is 0 Å². The van der Waals surface area contributed by atoms with Crippen LogP contribution in [0.1, 0.15) is 31.1 Å². The minimum absolute atomic E-state index is 0.304. The maximum atomic E-state index is 10.9. The molecule has 0 aliphatic heterocycles. The van der Waals surface area contributed by atoms with E-state index in [1.165, 1.54) is 0 Å². The zero-order valence-corrected chi connectivity index (χ0v) is 15.0. The highest BCUT2D eigenvalue weighted by Gasteiger charge is 2.30. The van der Waals surface area contributed by atoms with E-state index in [1.807, 2.05) is 36.4 Å². The van der Waals surface area contributed by atoms with Crippen molar-refractivity contribution in [2.45, 2.75) is 38.9 Å². The molecule has 0 aliphatic carbocycles. The van der Waals surface area contributed by atoms with Gasteiger partial charge in [-0.05, 0) is 53.5 Å². The summed E-state index contributed by atoms with van der Waals surface area (Å²) in [5, 5.41) is 8.95. The van der Waals surface area contributed by atoms with Crippen molar-refractivity contribution in [1.29, 1.82) is 0 Å². The van der Waals surface area contributed by atoms with Crippen molar-refractivity contribution < 1.29 is 14.3 Å². The van der Waals surface area contributed by atoms with E-state index in [0.717, 1.165) is 35.0 Å². The summed E-state index contributed by atoms with van der Waals surface area (Å²) in [6.07, 6.45) is 0. The van der Waals surface area contributed by atoms with E-state index in [1.54, 1.807) is 12.1 Å². The van der Waals surface area contributed by atoms with Crippen LogP contribution in [-0.2, 0) is 0 Å². The van der Waals surface area contributed by atoms with E-state index in [-0.39, 0.29) is 0 Å². The molecular formula is C19H24O3Si. The Kier molecular flexibility index (Phi) is 5.61. The quantitative estimate of drug-likeness (QED) is 0.689. The van der Waals surface area contributed by atoms with Crippen LogP contribution in [0.2, 0.25) is 18.1 Å². The summed E-state index contributed by atoms with van der Waals surface area (Å²) >= 11 is 0. The number of carbonyl (C=O) groups is 1. The van der Waals surface area contributed by atoms with Gasteiger partial charge in [0.05, 0.1) is 5.56 Å². The molecule has 0 atom stereocenters. The lowest BCUT2D eigenvalue weighted by Gasteiger charge is -2.29. The SMILES string of the molecule is CC[Si](CC)(CC)Oc1ccc(-c2ccc(C(=O)O)cc2)cc1. The number of carboxylic acids is 1. The first-order chi connectivity index (χ1) is 11.0. The van der Waals surface area contributed by atoms with Gasteiger partial charge in [-0.2, -0.15) is 0 Å². The average molecular weight is 328 g/mol. The second-order valence-electron chi connectivity index (χ2n) is 5.75. The molecule has 0 saturated heterocycles. The molecule has 0 spiro atoms. The monoisotopic (exact) mass is 328 g/mol. The molecule has 0 radical (unpaired) electrons. The average Bonchev–Trinajstić information content (AvgIpc) is 2.60. The van der Waals surface area contributed by atoms with Crippen LogP contribution in [0.5, 0.6) is 5.75 Å². The number of hydrogen-bond acceptors (Lipinski definition) is 2. The van der Waals surface area contributed by atoms with E-state index in [2.05, 4.69) is 20.8 Å². The Morgan fingerprint density at radius 1 is 0.870 bits per heavy atom. The van der Waals surface area contributed by atoms with Crippen molar-refractivity contribution in [2.75, 3.05) is 0 Å². The molecule has 2 rings (SSSR count). The Balaban J connectivity index is 2.17. The van der Waals surface area contributed by atoms with Crippen molar-refractivity contribution in [3.8, 4) is 16.9 Å². The molecule has 0 fully saturated rings. The number of aromatic carboxylic acids is 1. The van der Waals surface area contributed by atoms with Crippen LogP contribution in [0, 0.1) is 0 Å². The fourth-order valence-electron chi connectivity index (χ4n) is 2.74. The zero-order valence-electron chi connectivity index (χ0n) is 14.0. The Labute approximate surface area is 139 Å². The van der Waals surface area contributed by atoms with E-state index < -0.39 is 14.3 Å². The standard InChI is InChI=1S/C19H24O3Si/c1-4-23(5-2,6-3)22-18-13-11-16(12-14-18)15-7-9-17(10-8-15)19(20)21/h7-14H,4-6H2,1-3H3,(H,20,21). The lowest BCUT2D eigenvalue weighted by atomic mass is 10.0. The van der Waals surface area contributed by atoms with Gasteiger partial charge in [-0.3, -0.25) is 0 Å². The Morgan fingerprint density at radius 2 is 1.30 bits per heavy atom. The topological polar surface area (TPSA) is 46.5 Å². The second kappa shape index (κ2) is 7.46. The van der Waals surface area contributed by atoms with Crippen LogP contribution in [0.3, 0.4) is 0 Å². The molecule has 0 heterocycles. The maximum absolute atomic E-state index is 10.9. The molecule has 23 heavy (non-hydrogen) atoms. The van der Waals surface area contributed by atoms with Crippen LogP contribution in [0.25, 0.3) is 11.1 Å². The van der Waals surface area contributed by atoms with Crippen LogP contribution in [-0.4, -0.2) is 19.4 Å². The Hall–Kier alpha value is -2.07. The van der Waals surface area contributed by atoms with Crippen LogP contribution in [0.15, 0.2) is 48.5 Å². The van der Waals surface area contributed by atoms with E-state index >= 15 is 0 Å². The lowest BCUT2D eigenvalue weighted by molar-refractivity contribution is 0.0697. The maximum Gasteiger partial charge on any atom is 0.335 e. The van der Waals surface area contributed by atoms with E-state index in [4.69, 9.17) is 9.53 Å². The fraction of sp³-hybridized carbons (Fsp3) is 0.316. The molecule has 0 aliphatic rings. The highest BCUT2D eigenvalue weighted by molar-refractivity contribution is 6.74. The summed E-state index contributed by atoms with van der Waals surface area (Å²) in [5.41, 5.74) is 2.37. The third kappa shape index (κ3) is 4.02. The first-order valence-corrected chi connectivity index (χ1v) is 10.7. The summed E-state index contributed by atoms with van der Waals surface area (Å²) in [7, 11) is -1.64. The molecule has 2 aromatic rings. The van der Waals surface area contributed by atoms with Crippen molar-refractivity contribution in [1.82, 2.24) is 0 Å². The predicted molar refractivity (Wildman–Crippen MR) is 96.7 cm³/mol. The molecule has 0 amide bonds. The van der Waals surface area contributed by atoms with Gasteiger partial charge in [0.1, 0.15) is 5.75 Å². The minimum atomic E-state index is -1.64. The third-order valence-electron chi connectivity index (χ3n) is 4.59. The highest BCUT2D eigenvalue weighted by Crippen LogP contribution is 2.28. The Morgan fingerprint density at radius 3 is 1.70 bits per heavy atom. The fourth-order valence-corrected chi connectivity index (χ4v) is 5.31. The number of carboxylic acid groups (broad SMARTS) is 1. The largest absolute Gasteiger partial charge is 0.544 e. The van der Waals surface area contributed by atoms with Crippen LogP contribution in [0.4, 0.5) is 0 Å². The first-order valence-electron chi connectivity index (χ1n) is 8.16. The van der Waals surface area contributed by atoms with Gasteiger partial charge >= 0.3 is 5.97 Å². The number of hydrogen-bond donors (Lipinski definition) is 1. The minimum Gasteiger partial charge on any atom is -0.544 e. The molecule has 0 unspecified atom stereocenters. The summed E-state index contributed by atoms with van der Waals surface area (Å²) in [6, 6.07) is 18.4. The predicted octanol–water partition coefficient (Wildman–Crippen LogP) is 5.44. The normalized spacial score (nSPS) is 11.3. The summed E-state index contributed by atoms with van der Waals surface area (Å²) in [6.45, 7) is 6.66. The van der Waals surface area contributed by atoms with Crippen molar-refractivity contribution in [2.24, 2.45) is 0 Å². The molecule has 1 N–H and O–H groups in total. The number of benzene rings is 2. The van der Waals surface area contributed by atoms with E-state index in [0.29, 0.717) is 5.56 Å². The lowest BCUT2D eigenvalue weighted by Crippen LogP contribution is -2.39. The smallest absolute Gasteiger partial charge is 0.335 e. The van der Waals surface area contributed by atoms with Crippen LogP contribution >= 0.6 is 0 Å². The summed E-state index contributed by atoms with van der Waals surface area (Å²) < 4.78 is 6.35. The van der Waals surface area contributed by atoms with Gasteiger partial charge in [-0.25, -0.2) is 4.79 Å². The summed E-state index contributed by atoms with van der Waals surface area (Å²) in [5.74, 6) is 0.0356. The van der Waals surface area contributed by atoms with Crippen molar-refractivity contribution >= 4 is 14.3 Å².